The summed E-state index contributed by atoms with van der Waals surface area (Å²) in [5.74, 6) is 0.103. The van der Waals surface area contributed by atoms with Gasteiger partial charge in [0.2, 0.25) is 0 Å². The van der Waals surface area contributed by atoms with E-state index in [1.807, 2.05) is 53.2 Å². The molecule has 3 nitrogen and oxygen atoms in total. The molecule has 0 radical (unpaired) electrons. The minimum atomic E-state index is 0.103. The summed E-state index contributed by atoms with van der Waals surface area (Å²) < 4.78 is 7.20. The standard InChI is InChI=1S/C21H21Cl2NO2/c1-26-13-12-24-14-16(21-18(23)9-5-10-19(21)24)20(25)11-4-7-15-6-2-3-8-17(15)22/h2-3,5-6,8-10,14H,4,7,11-13H2,1H3. The number of halogens is 2. The first kappa shape index (κ1) is 19.0. The summed E-state index contributed by atoms with van der Waals surface area (Å²) in [4.78, 5) is 12.8. The predicted molar refractivity (Wildman–Crippen MR) is 108 cm³/mol. The lowest BCUT2D eigenvalue weighted by Crippen LogP contribution is -2.03. The average Bonchev–Trinajstić information content (AvgIpc) is 3.02. The van der Waals surface area contributed by atoms with Gasteiger partial charge in [-0.05, 0) is 36.6 Å². The van der Waals surface area contributed by atoms with Gasteiger partial charge in [-0.2, -0.15) is 0 Å². The van der Waals surface area contributed by atoms with Crippen LogP contribution in [0, 0.1) is 0 Å². The molecule has 0 aliphatic carbocycles. The molecule has 0 saturated carbocycles. The summed E-state index contributed by atoms with van der Waals surface area (Å²) >= 11 is 12.6. The summed E-state index contributed by atoms with van der Waals surface area (Å²) in [6.45, 7) is 1.26. The molecule has 0 saturated heterocycles. The smallest absolute Gasteiger partial charge is 0.165 e. The Morgan fingerprint density at radius 1 is 1.08 bits per heavy atom. The Bertz CT molecular complexity index is 918. The van der Waals surface area contributed by atoms with E-state index >= 15 is 0 Å². The number of hydrogen-bond acceptors (Lipinski definition) is 2. The van der Waals surface area contributed by atoms with Crippen LogP contribution in [-0.4, -0.2) is 24.1 Å². The molecule has 0 amide bonds. The van der Waals surface area contributed by atoms with Crippen molar-refractivity contribution in [3.05, 3.63) is 69.8 Å². The number of benzene rings is 2. The second kappa shape index (κ2) is 8.72. The molecule has 26 heavy (non-hydrogen) atoms. The third-order valence-corrected chi connectivity index (χ3v) is 5.18. The first-order valence-electron chi connectivity index (χ1n) is 8.64. The Balaban J connectivity index is 1.78. The molecule has 0 unspecified atom stereocenters. The van der Waals surface area contributed by atoms with Crippen molar-refractivity contribution < 1.29 is 9.53 Å². The van der Waals surface area contributed by atoms with E-state index in [0.717, 1.165) is 34.3 Å². The van der Waals surface area contributed by atoms with Crippen LogP contribution in [0.2, 0.25) is 10.0 Å². The fraction of sp³-hybridized carbons (Fsp3) is 0.286. The summed E-state index contributed by atoms with van der Waals surface area (Å²) in [7, 11) is 1.67. The predicted octanol–water partition coefficient (Wildman–Crippen LogP) is 5.80. The van der Waals surface area contributed by atoms with E-state index in [9.17, 15) is 4.79 Å². The molecule has 3 rings (SSSR count). The minimum absolute atomic E-state index is 0.103. The highest BCUT2D eigenvalue weighted by Gasteiger charge is 2.17. The first-order chi connectivity index (χ1) is 12.6. The van der Waals surface area contributed by atoms with E-state index in [1.54, 1.807) is 7.11 Å². The minimum Gasteiger partial charge on any atom is -0.383 e. The fourth-order valence-electron chi connectivity index (χ4n) is 3.17. The number of aromatic nitrogens is 1. The lowest BCUT2D eigenvalue weighted by Gasteiger charge is -2.04. The van der Waals surface area contributed by atoms with Crippen LogP contribution in [0.5, 0.6) is 0 Å². The van der Waals surface area contributed by atoms with Gasteiger partial charge >= 0.3 is 0 Å². The average molecular weight is 390 g/mol. The summed E-state index contributed by atoms with van der Waals surface area (Å²) in [6.07, 6.45) is 3.88. The van der Waals surface area contributed by atoms with Crippen molar-refractivity contribution in [1.82, 2.24) is 4.57 Å². The summed E-state index contributed by atoms with van der Waals surface area (Å²) in [6, 6.07) is 13.5. The van der Waals surface area contributed by atoms with Crippen LogP contribution < -0.4 is 0 Å². The third-order valence-electron chi connectivity index (χ3n) is 4.50. The van der Waals surface area contributed by atoms with Crippen LogP contribution in [0.1, 0.15) is 28.8 Å². The van der Waals surface area contributed by atoms with E-state index in [1.165, 1.54) is 0 Å². The largest absolute Gasteiger partial charge is 0.383 e. The zero-order chi connectivity index (χ0) is 18.5. The summed E-state index contributed by atoms with van der Waals surface area (Å²) in [5, 5.41) is 2.18. The van der Waals surface area contributed by atoms with Crippen molar-refractivity contribution in [3.63, 3.8) is 0 Å². The fourth-order valence-corrected chi connectivity index (χ4v) is 3.67. The number of carbonyl (C=O) groups excluding carboxylic acids is 1. The van der Waals surface area contributed by atoms with Crippen molar-refractivity contribution in [3.8, 4) is 0 Å². The summed E-state index contributed by atoms with van der Waals surface area (Å²) in [5.41, 5.74) is 2.72. The van der Waals surface area contributed by atoms with E-state index < -0.39 is 0 Å². The number of hydrogen-bond donors (Lipinski definition) is 0. The Hall–Kier alpha value is -1.81. The number of ether oxygens (including phenoxy) is 1. The van der Waals surface area contributed by atoms with Crippen molar-refractivity contribution in [1.29, 1.82) is 0 Å². The maximum Gasteiger partial charge on any atom is 0.165 e. The normalized spacial score (nSPS) is 11.2. The van der Waals surface area contributed by atoms with Crippen molar-refractivity contribution >= 4 is 39.9 Å². The van der Waals surface area contributed by atoms with Gasteiger partial charge < -0.3 is 9.30 Å². The molecule has 0 aliphatic heterocycles. The molecule has 2 aromatic carbocycles. The van der Waals surface area contributed by atoms with Gasteiger partial charge in [-0.25, -0.2) is 0 Å². The lowest BCUT2D eigenvalue weighted by molar-refractivity contribution is 0.0981. The van der Waals surface area contributed by atoms with Gasteiger partial charge in [0.1, 0.15) is 0 Å². The van der Waals surface area contributed by atoms with Crippen molar-refractivity contribution in [2.45, 2.75) is 25.8 Å². The van der Waals surface area contributed by atoms with Gasteiger partial charge in [0.15, 0.2) is 5.78 Å². The molecule has 0 spiro atoms. The molecule has 0 N–H and O–H groups in total. The van der Waals surface area contributed by atoms with Crippen LogP contribution in [-0.2, 0) is 17.7 Å². The highest BCUT2D eigenvalue weighted by atomic mass is 35.5. The number of Topliss-reactive ketones (excluding diaryl/α,β-unsaturated/α-hetero) is 1. The van der Waals surface area contributed by atoms with Crippen LogP contribution in [0.3, 0.4) is 0 Å². The van der Waals surface area contributed by atoms with Gasteiger partial charge in [-0.1, -0.05) is 47.5 Å². The van der Waals surface area contributed by atoms with E-state index in [-0.39, 0.29) is 5.78 Å². The highest BCUT2D eigenvalue weighted by Crippen LogP contribution is 2.30. The van der Waals surface area contributed by atoms with Gasteiger partial charge in [0, 0.05) is 42.2 Å². The van der Waals surface area contributed by atoms with Crippen molar-refractivity contribution in [2.24, 2.45) is 0 Å². The second-order valence-corrected chi connectivity index (χ2v) is 7.05. The zero-order valence-corrected chi connectivity index (χ0v) is 16.2. The first-order valence-corrected chi connectivity index (χ1v) is 9.40. The van der Waals surface area contributed by atoms with Gasteiger partial charge in [0.25, 0.3) is 0 Å². The third kappa shape index (κ3) is 4.12. The number of fused-ring (bicyclic) bond motifs is 1. The SMILES string of the molecule is COCCn1cc(C(=O)CCCc2ccccc2Cl)c2c(Cl)cccc21. The second-order valence-electron chi connectivity index (χ2n) is 6.23. The molecular formula is C21H21Cl2NO2. The van der Waals surface area contributed by atoms with Gasteiger partial charge in [0.05, 0.1) is 17.1 Å². The molecule has 1 aromatic heterocycles. The van der Waals surface area contributed by atoms with Crippen LogP contribution in [0.15, 0.2) is 48.7 Å². The van der Waals surface area contributed by atoms with Gasteiger partial charge in [-0.3, -0.25) is 4.79 Å². The molecular weight excluding hydrogens is 369 g/mol. The molecule has 3 aromatic rings. The van der Waals surface area contributed by atoms with Crippen LogP contribution >= 0.6 is 23.2 Å². The Labute approximate surface area is 163 Å². The molecule has 0 fully saturated rings. The molecule has 0 bridgehead atoms. The highest BCUT2D eigenvalue weighted by molar-refractivity contribution is 6.37. The number of rotatable bonds is 8. The Kier molecular flexibility index (Phi) is 6.36. The number of carbonyl (C=O) groups is 1. The number of nitrogens with zero attached hydrogens (tertiary/aromatic N) is 1. The Morgan fingerprint density at radius 3 is 2.62 bits per heavy atom. The zero-order valence-electron chi connectivity index (χ0n) is 14.7. The lowest BCUT2D eigenvalue weighted by atomic mass is 10.0. The number of methoxy groups -OCH3 is 1. The Morgan fingerprint density at radius 2 is 1.85 bits per heavy atom. The quantitative estimate of drug-likeness (QED) is 0.455. The van der Waals surface area contributed by atoms with Gasteiger partial charge in [-0.15, -0.1) is 0 Å². The topological polar surface area (TPSA) is 31.2 Å². The van der Waals surface area contributed by atoms with Crippen molar-refractivity contribution in [2.75, 3.05) is 13.7 Å². The number of ketones is 1. The van der Waals surface area contributed by atoms with E-state index in [4.69, 9.17) is 27.9 Å². The molecule has 136 valence electrons. The number of aryl methyl sites for hydroxylation is 1. The van der Waals surface area contributed by atoms with E-state index in [2.05, 4.69) is 0 Å². The van der Waals surface area contributed by atoms with E-state index in [0.29, 0.717) is 30.2 Å². The molecule has 0 aliphatic rings. The molecule has 5 heteroatoms. The van der Waals surface area contributed by atoms with Crippen LogP contribution in [0.4, 0.5) is 0 Å². The maximum atomic E-state index is 12.8. The van der Waals surface area contributed by atoms with Crippen LogP contribution in [0.25, 0.3) is 10.9 Å². The monoisotopic (exact) mass is 389 g/mol. The maximum absolute atomic E-state index is 12.8. The molecule has 0 atom stereocenters. The molecule has 1 heterocycles.